The highest BCUT2D eigenvalue weighted by Gasteiger charge is 2.58. The van der Waals surface area contributed by atoms with Crippen LogP contribution in [0.25, 0.3) is 0 Å². The molecule has 0 radical (unpaired) electrons. The summed E-state index contributed by atoms with van der Waals surface area (Å²) in [5, 5.41) is 4.61. The summed E-state index contributed by atoms with van der Waals surface area (Å²) in [6.45, 7) is 17.5. The van der Waals surface area contributed by atoms with E-state index in [9.17, 15) is 24.0 Å². The van der Waals surface area contributed by atoms with Gasteiger partial charge in [-0.15, -0.1) is 0 Å². The molecule has 3 saturated heterocycles. The largest absolute Gasteiger partial charge is 0.463 e. The van der Waals surface area contributed by atoms with Gasteiger partial charge in [-0.05, 0) is 91.3 Å². The number of cyclic esters (lactones) is 1. The fourth-order valence-corrected chi connectivity index (χ4v) is 11.2. The number of nitrogens with zero attached hydrogens (tertiary/aromatic N) is 3. The van der Waals surface area contributed by atoms with Gasteiger partial charge in [-0.1, -0.05) is 51.1 Å². The third-order valence-electron chi connectivity index (χ3n) is 14.8. The molecule has 19 heteroatoms. The maximum atomic E-state index is 14.2. The summed E-state index contributed by atoms with van der Waals surface area (Å²) >= 11 is 0. The minimum atomic E-state index is -1.33. The van der Waals surface area contributed by atoms with Crippen molar-refractivity contribution in [2.45, 2.75) is 206 Å². The fraction of sp³-hybridized carbons (Fsp3) is 0.800. The van der Waals surface area contributed by atoms with Crippen molar-refractivity contribution in [3.05, 3.63) is 35.9 Å². The summed E-state index contributed by atoms with van der Waals surface area (Å²) in [7, 11) is 10.5. The van der Waals surface area contributed by atoms with E-state index in [1.165, 1.54) is 26.5 Å². The summed E-state index contributed by atoms with van der Waals surface area (Å²) < 4.78 is 69.3. The summed E-state index contributed by atoms with van der Waals surface area (Å²) in [4.78, 5) is 68.2. The van der Waals surface area contributed by atoms with Crippen LogP contribution in [0.15, 0.2) is 30.3 Å². The van der Waals surface area contributed by atoms with E-state index in [1.54, 1.807) is 41.9 Å². The topological polar surface area (TPSA) is 197 Å². The van der Waals surface area contributed by atoms with E-state index in [-0.39, 0.29) is 31.6 Å². The zero-order chi connectivity index (χ0) is 54.9. The highest BCUT2D eigenvalue weighted by atomic mass is 16.7. The monoisotopic (exact) mass is 1050 g/mol. The van der Waals surface area contributed by atoms with Crippen LogP contribution in [0.1, 0.15) is 126 Å². The molecule has 3 heterocycles. The standard InChI is InChI=1S/C55H91N3O16/c1-16-43(61)71-42-32-45(63)67-35(4)26-29-58(57(12)27-21-24-40-22-19-18-20-23-40)28-25-34(3)30-41(31-46(64-13)65-14)48(51(42)66-15)52-53(70-38(7)59)49(56(10)11)50(36(5)69-52)73-47-33-55(9,74-39(8)60)54(37(6)68-47)72-44(62)17-2/h18-20,22-23,34-37,41-42,46-54H,16-17,21,24-33H2,1-15H3/t34-,35+,36+,37-,41+,42+,47-,48-,49-,50+,51+,52-,53+,54-,55+/m0/s1. The second-order valence-corrected chi connectivity index (χ2v) is 21.0. The summed E-state index contributed by atoms with van der Waals surface area (Å²) in [6, 6.07) is 9.71. The first-order chi connectivity index (χ1) is 35.1. The van der Waals surface area contributed by atoms with Gasteiger partial charge in [0, 0.05) is 93.5 Å². The Morgan fingerprint density at radius 3 is 2.07 bits per heavy atom. The van der Waals surface area contributed by atoms with Crippen LogP contribution in [-0.2, 0) is 82.5 Å². The van der Waals surface area contributed by atoms with E-state index in [2.05, 4.69) is 48.3 Å². The van der Waals surface area contributed by atoms with Crippen molar-refractivity contribution in [1.82, 2.24) is 14.9 Å². The van der Waals surface area contributed by atoms with Crippen molar-refractivity contribution in [2.24, 2.45) is 17.8 Å². The molecule has 0 unspecified atom stereocenters. The Morgan fingerprint density at radius 1 is 0.824 bits per heavy atom. The number of hydrazine groups is 1. The molecule has 74 heavy (non-hydrogen) atoms. The van der Waals surface area contributed by atoms with Gasteiger partial charge in [0.15, 0.2) is 24.3 Å². The molecule has 0 spiro atoms. The number of carbonyl (C=O) groups excluding carboxylic acids is 5. The van der Waals surface area contributed by atoms with Crippen LogP contribution in [0.4, 0.5) is 0 Å². The molecule has 0 N–H and O–H groups in total. The molecule has 1 aromatic rings. The first-order valence-corrected chi connectivity index (χ1v) is 26.7. The number of benzene rings is 1. The van der Waals surface area contributed by atoms with Gasteiger partial charge in [-0.2, -0.15) is 0 Å². The van der Waals surface area contributed by atoms with E-state index in [0.717, 1.165) is 32.4 Å². The number of hydrogen-bond acceptors (Lipinski definition) is 19. The molecule has 0 aliphatic carbocycles. The number of rotatable bonds is 20. The van der Waals surface area contributed by atoms with Crippen molar-refractivity contribution in [2.75, 3.05) is 62.1 Å². The molecule has 0 amide bonds. The van der Waals surface area contributed by atoms with Crippen molar-refractivity contribution >= 4 is 29.8 Å². The third-order valence-corrected chi connectivity index (χ3v) is 14.8. The highest BCUT2D eigenvalue weighted by molar-refractivity contribution is 5.73. The Bertz CT molecular complexity index is 1890. The number of carbonyl (C=O) groups is 5. The van der Waals surface area contributed by atoms with E-state index in [4.69, 9.17) is 52.1 Å². The molecule has 0 saturated carbocycles. The Hall–Kier alpha value is -3.79. The molecule has 0 bridgehead atoms. The summed E-state index contributed by atoms with van der Waals surface area (Å²) in [6.07, 6.45) is -5.73. The molecular weight excluding hydrogens is 959 g/mol. The maximum absolute atomic E-state index is 14.2. The quantitative estimate of drug-likeness (QED) is 0.0801. The van der Waals surface area contributed by atoms with Crippen LogP contribution in [0.5, 0.6) is 0 Å². The minimum Gasteiger partial charge on any atom is -0.463 e. The molecule has 15 atom stereocenters. The average Bonchev–Trinajstić information content (AvgIpc) is 3.33. The molecule has 19 nitrogen and oxygen atoms in total. The minimum absolute atomic E-state index is 0.00648. The van der Waals surface area contributed by atoms with Crippen LogP contribution in [-0.4, -0.2) is 186 Å². The van der Waals surface area contributed by atoms with Gasteiger partial charge in [-0.25, -0.2) is 10.0 Å². The van der Waals surface area contributed by atoms with Gasteiger partial charge >= 0.3 is 29.8 Å². The molecular formula is C55H91N3O16. The lowest BCUT2D eigenvalue weighted by atomic mass is 9.70. The van der Waals surface area contributed by atoms with E-state index in [0.29, 0.717) is 25.8 Å². The fourth-order valence-electron chi connectivity index (χ4n) is 11.2. The van der Waals surface area contributed by atoms with Crippen molar-refractivity contribution in [1.29, 1.82) is 0 Å². The van der Waals surface area contributed by atoms with Crippen LogP contribution in [0.2, 0.25) is 0 Å². The van der Waals surface area contributed by atoms with Crippen molar-refractivity contribution in [3.8, 4) is 0 Å². The van der Waals surface area contributed by atoms with Crippen LogP contribution in [0, 0.1) is 17.8 Å². The lowest BCUT2D eigenvalue weighted by Crippen LogP contribution is -2.68. The average molecular weight is 1050 g/mol. The number of ether oxygens (including phenoxy) is 11. The highest BCUT2D eigenvalue weighted by Crippen LogP contribution is 2.44. The van der Waals surface area contributed by atoms with E-state index < -0.39 is 121 Å². The van der Waals surface area contributed by atoms with Gasteiger partial charge in [0.1, 0.15) is 36.6 Å². The van der Waals surface area contributed by atoms with Crippen molar-refractivity contribution < 1.29 is 76.1 Å². The van der Waals surface area contributed by atoms with E-state index in [1.807, 2.05) is 38.9 Å². The molecule has 3 aliphatic rings. The second-order valence-electron chi connectivity index (χ2n) is 21.0. The Balaban J connectivity index is 1.84. The van der Waals surface area contributed by atoms with Crippen molar-refractivity contribution in [3.63, 3.8) is 0 Å². The third kappa shape index (κ3) is 18.2. The zero-order valence-electron chi connectivity index (χ0n) is 47.1. The first-order valence-electron chi connectivity index (χ1n) is 26.7. The van der Waals surface area contributed by atoms with Gasteiger partial charge < -0.3 is 57.0 Å². The first kappa shape index (κ1) is 62.7. The summed E-state index contributed by atoms with van der Waals surface area (Å²) in [5.74, 6) is -3.82. The predicted molar refractivity (Wildman–Crippen MR) is 274 cm³/mol. The van der Waals surface area contributed by atoms with Gasteiger partial charge in [0.05, 0.1) is 24.7 Å². The SMILES string of the molecule is CCC(=O)O[C@@H]1CC(=O)O[C@H](C)CCN(N(C)CCCc2ccccc2)CC[C@H](C)C[C@H](CC(OC)OC)[C@H]([C@@H]2O[C@H](C)[C@@H](O[C@H]3C[C@@](C)(OC(C)=O)[C@@H](OC(=O)CC)[C@H](C)O3)[C@H](N(C)C)[C@H]2OC(C)=O)[C@@H]1OC. The Labute approximate surface area is 441 Å². The summed E-state index contributed by atoms with van der Waals surface area (Å²) in [5.41, 5.74) is -0.0493. The smallest absolute Gasteiger partial charge is 0.309 e. The number of likely N-dealkylation sites (N-methyl/N-ethyl adjacent to an activating group) is 1. The Morgan fingerprint density at radius 2 is 1.47 bits per heavy atom. The molecule has 3 fully saturated rings. The van der Waals surface area contributed by atoms with Crippen LogP contribution < -0.4 is 0 Å². The predicted octanol–water partition coefficient (Wildman–Crippen LogP) is 6.30. The normalized spacial score (nSPS) is 33.0. The lowest BCUT2D eigenvalue weighted by Gasteiger charge is -2.53. The zero-order valence-corrected chi connectivity index (χ0v) is 47.1. The molecule has 422 valence electrons. The molecule has 4 rings (SSSR count). The lowest BCUT2D eigenvalue weighted by molar-refractivity contribution is -0.320. The van der Waals surface area contributed by atoms with Gasteiger partial charge in [-0.3, -0.25) is 24.0 Å². The van der Waals surface area contributed by atoms with Crippen LogP contribution >= 0.6 is 0 Å². The molecule has 0 aromatic heterocycles. The molecule has 1 aromatic carbocycles. The van der Waals surface area contributed by atoms with Gasteiger partial charge in [0.25, 0.3) is 0 Å². The number of methoxy groups -OCH3 is 3. The number of aryl methyl sites for hydroxylation is 1. The maximum Gasteiger partial charge on any atom is 0.309 e. The number of esters is 5. The number of hydrogen-bond donors (Lipinski definition) is 0. The Kier molecular flexibility index (Phi) is 25.6. The van der Waals surface area contributed by atoms with Crippen LogP contribution in [0.3, 0.4) is 0 Å². The van der Waals surface area contributed by atoms with Gasteiger partial charge in [0.2, 0.25) is 0 Å². The van der Waals surface area contributed by atoms with E-state index >= 15 is 0 Å². The molecule has 3 aliphatic heterocycles. The second kappa shape index (κ2) is 30.2.